The Bertz CT molecular complexity index is 509. The average Bonchev–Trinajstić information content (AvgIpc) is 2.38. The Morgan fingerprint density at radius 3 is 1.89 bits per heavy atom. The molecule has 0 saturated carbocycles. The summed E-state index contributed by atoms with van der Waals surface area (Å²) in [7, 11) is 1.00. The lowest BCUT2D eigenvalue weighted by atomic mass is 10.3. The fraction of sp³-hybridized carbons (Fsp3) is 0.0769. The number of aliphatic hydroxyl groups excluding tert-OH is 1. The van der Waals surface area contributed by atoms with Gasteiger partial charge in [0.2, 0.25) is 0 Å². The Balaban J connectivity index is 0.000000861. The maximum absolute atomic E-state index is 9.62. The number of rotatable bonds is 2. The molecule has 0 fully saturated rings. The highest BCUT2D eigenvalue weighted by atomic mass is 35.5. The molecule has 0 spiro atoms. The summed E-state index contributed by atoms with van der Waals surface area (Å²) in [6.07, 6.45) is 0. The first-order valence-corrected chi connectivity index (χ1v) is 6.26. The molecule has 102 valence electrons. The van der Waals surface area contributed by atoms with Crippen molar-refractivity contribution < 1.29 is 14.9 Å². The molecule has 0 heterocycles. The topological polar surface area (TPSA) is 49.7 Å². The Morgan fingerprint density at radius 1 is 0.842 bits per heavy atom. The summed E-state index contributed by atoms with van der Waals surface area (Å²) in [4.78, 5) is 0. The molecule has 0 aliphatic heterocycles. The minimum Gasteiger partial charge on any atom is -0.504 e. The molecule has 3 nitrogen and oxygen atoms in total. The van der Waals surface area contributed by atoms with Crippen LogP contribution in [0.2, 0.25) is 15.1 Å². The van der Waals surface area contributed by atoms with Crippen LogP contribution in [-0.2, 0) is 0 Å². The van der Waals surface area contributed by atoms with E-state index >= 15 is 0 Å². The summed E-state index contributed by atoms with van der Waals surface area (Å²) >= 11 is 17.4. The third-order valence-corrected chi connectivity index (χ3v) is 2.80. The molecule has 0 radical (unpaired) electrons. The van der Waals surface area contributed by atoms with Crippen LogP contribution in [-0.4, -0.2) is 17.3 Å². The molecule has 0 aromatic heterocycles. The monoisotopic (exact) mass is 320 g/mol. The van der Waals surface area contributed by atoms with Crippen molar-refractivity contribution >= 4 is 34.8 Å². The predicted octanol–water partition coefficient (Wildman–Crippen LogP) is 4.75. The third kappa shape index (κ3) is 4.48. The van der Waals surface area contributed by atoms with E-state index in [-0.39, 0.29) is 11.5 Å². The normalized spacial score (nSPS) is 9.53. The Morgan fingerprint density at radius 2 is 1.37 bits per heavy atom. The summed E-state index contributed by atoms with van der Waals surface area (Å²) in [6.45, 7) is 0. The van der Waals surface area contributed by atoms with Gasteiger partial charge in [0, 0.05) is 23.2 Å². The number of aromatic hydroxyl groups is 1. The quantitative estimate of drug-likeness (QED) is 0.839. The van der Waals surface area contributed by atoms with E-state index in [2.05, 4.69) is 0 Å². The molecule has 2 aromatic carbocycles. The summed E-state index contributed by atoms with van der Waals surface area (Å²) in [6, 6.07) is 9.39. The largest absolute Gasteiger partial charge is 0.504 e. The smallest absolute Gasteiger partial charge is 0.169 e. The van der Waals surface area contributed by atoms with Crippen molar-refractivity contribution in [1.82, 2.24) is 0 Å². The van der Waals surface area contributed by atoms with Gasteiger partial charge in [0.15, 0.2) is 11.5 Å². The van der Waals surface area contributed by atoms with E-state index < -0.39 is 0 Å². The van der Waals surface area contributed by atoms with Crippen LogP contribution in [0.5, 0.6) is 17.2 Å². The fourth-order valence-corrected chi connectivity index (χ4v) is 1.87. The van der Waals surface area contributed by atoms with Crippen molar-refractivity contribution in [3.05, 3.63) is 51.5 Å². The molecule has 0 aliphatic rings. The van der Waals surface area contributed by atoms with Gasteiger partial charge in [-0.1, -0.05) is 34.8 Å². The predicted molar refractivity (Wildman–Crippen MR) is 77.8 cm³/mol. The molecule has 0 atom stereocenters. The first kappa shape index (κ1) is 15.9. The van der Waals surface area contributed by atoms with Crippen LogP contribution >= 0.6 is 34.8 Å². The zero-order chi connectivity index (χ0) is 14.4. The van der Waals surface area contributed by atoms with Crippen LogP contribution < -0.4 is 4.74 Å². The summed E-state index contributed by atoms with van der Waals surface area (Å²) in [5.74, 6) is 0.635. The zero-order valence-electron chi connectivity index (χ0n) is 9.90. The number of hydrogen-bond donors (Lipinski definition) is 2. The number of aliphatic hydroxyl groups is 1. The van der Waals surface area contributed by atoms with Crippen molar-refractivity contribution in [2.45, 2.75) is 0 Å². The van der Waals surface area contributed by atoms with Crippen LogP contribution in [0.25, 0.3) is 0 Å². The van der Waals surface area contributed by atoms with Crippen molar-refractivity contribution in [3.8, 4) is 17.2 Å². The average molecular weight is 322 g/mol. The first-order valence-electron chi connectivity index (χ1n) is 5.12. The molecule has 19 heavy (non-hydrogen) atoms. The molecule has 0 bridgehead atoms. The number of benzene rings is 2. The zero-order valence-corrected chi connectivity index (χ0v) is 12.2. The van der Waals surface area contributed by atoms with E-state index in [1.807, 2.05) is 0 Å². The van der Waals surface area contributed by atoms with Gasteiger partial charge < -0.3 is 14.9 Å². The van der Waals surface area contributed by atoms with E-state index in [1.54, 1.807) is 30.3 Å². The van der Waals surface area contributed by atoms with Gasteiger partial charge in [0.05, 0.1) is 5.02 Å². The van der Waals surface area contributed by atoms with Crippen LogP contribution in [0.4, 0.5) is 0 Å². The Hall–Kier alpha value is -1.13. The van der Waals surface area contributed by atoms with Gasteiger partial charge in [-0.15, -0.1) is 0 Å². The highest BCUT2D eigenvalue weighted by Crippen LogP contribution is 2.36. The molecule has 2 aromatic rings. The lowest BCUT2D eigenvalue weighted by Crippen LogP contribution is -1.86. The molecular formula is C13H11Cl3O3. The second-order valence-corrected chi connectivity index (χ2v) is 4.57. The van der Waals surface area contributed by atoms with Crippen LogP contribution in [0.1, 0.15) is 0 Å². The van der Waals surface area contributed by atoms with Crippen molar-refractivity contribution in [2.75, 3.05) is 7.11 Å². The second-order valence-electron chi connectivity index (χ2n) is 3.29. The SMILES string of the molecule is CO.Oc1cc(Cl)ccc1Oc1ccc(Cl)cc1Cl. The van der Waals surface area contributed by atoms with E-state index in [0.717, 1.165) is 7.11 Å². The number of ether oxygens (including phenoxy) is 1. The van der Waals surface area contributed by atoms with Crippen LogP contribution in [0.3, 0.4) is 0 Å². The van der Waals surface area contributed by atoms with Gasteiger partial charge in [-0.2, -0.15) is 0 Å². The van der Waals surface area contributed by atoms with Crippen molar-refractivity contribution in [1.29, 1.82) is 0 Å². The first-order chi connectivity index (χ1) is 9.06. The fourth-order valence-electron chi connectivity index (χ4n) is 1.25. The molecule has 0 unspecified atom stereocenters. The van der Waals surface area contributed by atoms with Gasteiger partial charge in [-0.3, -0.25) is 0 Å². The Labute approximate surface area is 125 Å². The van der Waals surface area contributed by atoms with E-state index in [0.29, 0.717) is 20.8 Å². The molecule has 0 amide bonds. The van der Waals surface area contributed by atoms with Crippen LogP contribution in [0, 0.1) is 0 Å². The third-order valence-electron chi connectivity index (χ3n) is 2.03. The summed E-state index contributed by atoms with van der Waals surface area (Å²) < 4.78 is 5.45. The summed E-state index contributed by atoms with van der Waals surface area (Å²) in [5.41, 5.74) is 0. The van der Waals surface area contributed by atoms with E-state index in [9.17, 15) is 5.11 Å². The number of phenols is 1. The minimum atomic E-state index is -0.0523. The minimum absolute atomic E-state index is 0.0523. The summed E-state index contributed by atoms with van der Waals surface area (Å²) in [5, 5.41) is 17.9. The van der Waals surface area contributed by atoms with Gasteiger partial charge in [0.25, 0.3) is 0 Å². The number of halogens is 3. The van der Waals surface area contributed by atoms with Gasteiger partial charge >= 0.3 is 0 Å². The molecule has 0 saturated heterocycles. The van der Waals surface area contributed by atoms with Crippen LogP contribution in [0.15, 0.2) is 36.4 Å². The van der Waals surface area contributed by atoms with Gasteiger partial charge in [-0.25, -0.2) is 0 Å². The van der Waals surface area contributed by atoms with Gasteiger partial charge in [-0.05, 0) is 30.3 Å². The Kier molecular flexibility index (Phi) is 6.25. The van der Waals surface area contributed by atoms with Crippen molar-refractivity contribution in [2.24, 2.45) is 0 Å². The molecule has 2 N–H and O–H groups in total. The highest BCUT2D eigenvalue weighted by Gasteiger charge is 2.08. The second kappa shape index (κ2) is 7.46. The molecule has 0 aliphatic carbocycles. The van der Waals surface area contributed by atoms with Gasteiger partial charge in [0.1, 0.15) is 5.75 Å². The maximum Gasteiger partial charge on any atom is 0.169 e. The highest BCUT2D eigenvalue weighted by molar-refractivity contribution is 6.35. The van der Waals surface area contributed by atoms with Crippen molar-refractivity contribution in [3.63, 3.8) is 0 Å². The number of hydrogen-bond acceptors (Lipinski definition) is 3. The standard InChI is InChI=1S/C12H7Cl3O2.CH4O/c13-7-1-3-11(9(15)5-7)17-12-4-2-8(14)6-10(12)16;1-2/h1-6,16H;2H,1H3. The number of phenolic OH excluding ortho intramolecular Hbond substituents is 1. The molecule has 2 rings (SSSR count). The molecular weight excluding hydrogens is 310 g/mol. The van der Waals surface area contributed by atoms with E-state index in [1.165, 1.54) is 6.07 Å². The molecule has 6 heteroatoms. The van der Waals surface area contributed by atoms with E-state index in [4.69, 9.17) is 44.6 Å². The maximum atomic E-state index is 9.62. The lowest BCUT2D eigenvalue weighted by molar-refractivity contribution is 0.399. The lowest BCUT2D eigenvalue weighted by Gasteiger charge is -2.09.